The van der Waals surface area contributed by atoms with Crippen LogP contribution in [0.2, 0.25) is 39.3 Å². The number of rotatable bonds is 6. The maximum atomic E-state index is 2.50. The second-order valence-electron chi connectivity index (χ2n) is 16.7. The molecular formula is C48H46N2Si2. The van der Waals surface area contributed by atoms with Gasteiger partial charge in [0, 0.05) is 33.2 Å². The third-order valence-corrected chi connectivity index (χ3v) is 15.5. The molecule has 9 aromatic rings. The van der Waals surface area contributed by atoms with Crippen LogP contribution in [0.1, 0.15) is 11.1 Å². The maximum absolute atomic E-state index is 2.50. The molecule has 0 aliphatic rings. The number of nitrogens with zero attached hydrogens (tertiary/aromatic N) is 2. The van der Waals surface area contributed by atoms with Gasteiger partial charge in [0.2, 0.25) is 0 Å². The van der Waals surface area contributed by atoms with Crippen molar-refractivity contribution in [2.75, 3.05) is 4.90 Å². The van der Waals surface area contributed by atoms with E-state index < -0.39 is 16.1 Å². The summed E-state index contributed by atoms with van der Waals surface area (Å²) in [6, 6.07) is 50.6. The fraction of sp³-hybridized carbons (Fsp3) is 0.167. The van der Waals surface area contributed by atoms with Gasteiger partial charge in [-0.1, -0.05) is 135 Å². The number of hydrogen-bond acceptors (Lipinski definition) is 1. The number of aryl methyl sites for hydroxylation is 2. The van der Waals surface area contributed by atoms with E-state index in [0.717, 1.165) is 0 Å². The Morgan fingerprint density at radius 3 is 1.60 bits per heavy atom. The van der Waals surface area contributed by atoms with Gasteiger partial charge in [-0.3, -0.25) is 0 Å². The summed E-state index contributed by atoms with van der Waals surface area (Å²) in [5.74, 6) is 0. The molecule has 0 saturated heterocycles. The van der Waals surface area contributed by atoms with Crippen LogP contribution < -0.4 is 15.3 Å². The molecule has 8 aromatic carbocycles. The van der Waals surface area contributed by atoms with Crippen LogP contribution in [0.25, 0.3) is 59.8 Å². The van der Waals surface area contributed by atoms with E-state index in [0.29, 0.717) is 0 Å². The first-order valence-electron chi connectivity index (χ1n) is 18.6. The summed E-state index contributed by atoms with van der Waals surface area (Å²) in [4.78, 5) is 2.50. The highest BCUT2D eigenvalue weighted by Crippen LogP contribution is 2.49. The minimum absolute atomic E-state index is 1.19. The van der Waals surface area contributed by atoms with Crippen LogP contribution in [0.3, 0.4) is 0 Å². The van der Waals surface area contributed by atoms with Crippen LogP contribution in [-0.2, 0) is 0 Å². The number of para-hydroxylation sites is 2. The average molecular weight is 707 g/mol. The van der Waals surface area contributed by atoms with Crippen LogP contribution in [0.4, 0.5) is 17.1 Å². The Morgan fingerprint density at radius 2 is 0.981 bits per heavy atom. The Kier molecular flexibility index (Phi) is 7.35. The van der Waals surface area contributed by atoms with Gasteiger partial charge >= 0.3 is 0 Å². The van der Waals surface area contributed by atoms with Gasteiger partial charge in [0.1, 0.15) is 0 Å². The summed E-state index contributed by atoms with van der Waals surface area (Å²) in [5, 5.41) is 13.6. The van der Waals surface area contributed by atoms with Gasteiger partial charge in [-0.15, -0.1) is 0 Å². The summed E-state index contributed by atoms with van der Waals surface area (Å²) in [5.41, 5.74) is 9.97. The van der Waals surface area contributed by atoms with Gasteiger partial charge in [0.05, 0.1) is 32.9 Å². The average Bonchev–Trinajstić information content (AvgIpc) is 3.49. The van der Waals surface area contributed by atoms with Gasteiger partial charge < -0.3 is 9.47 Å². The Labute approximate surface area is 309 Å². The summed E-state index contributed by atoms with van der Waals surface area (Å²) < 4.78 is 2.47. The summed E-state index contributed by atoms with van der Waals surface area (Å²) >= 11 is 0. The summed E-state index contributed by atoms with van der Waals surface area (Å²) in [7, 11) is -2.92. The van der Waals surface area contributed by atoms with E-state index in [4.69, 9.17) is 0 Å². The SMILES string of the molecule is Cc1cc(N(c2ccc([Si](C)(C)C)cc2)c2ccc([Si](C)(C)C)cc2)c2ccc3c(C)c4c(c5ccc1c2c35)c1ccccc1n4-c1ccccc1. The van der Waals surface area contributed by atoms with Crippen molar-refractivity contribution in [1.29, 1.82) is 0 Å². The Balaban J connectivity index is 1.38. The molecule has 4 heteroatoms. The minimum atomic E-state index is -1.46. The van der Waals surface area contributed by atoms with E-state index in [1.807, 2.05) is 0 Å². The van der Waals surface area contributed by atoms with Crippen molar-refractivity contribution in [1.82, 2.24) is 4.57 Å². The van der Waals surface area contributed by atoms with Crippen molar-refractivity contribution < 1.29 is 0 Å². The van der Waals surface area contributed by atoms with Crippen molar-refractivity contribution in [3.63, 3.8) is 0 Å². The van der Waals surface area contributed by atoms with Crippen LogP contribution in [0.15, 0.2) is 133 Å². The van der Waals surface area contributed by atoms with Crippen LogP contribution in [0.5, 0.6) is 0 Å². The lowest BCUT2D eigenvalue weighted by Crippen LogP contribution is -2.37. The van der Waals surface area contributed by atoms with Gasteiger partial charge in [0.15, 0.2) is 0 Å². The number of aromatic nitrogens is 1. The zero-order valence-electron chi connectivity index (χ0n) is 31.6. The zero-order chi connectivity index (χ0) is 36.1. The molecule has 52 heavy (non-hydrogen) atoms. The number of hydrogen-bond donors (Lipinski definition) is 0. The molecule has 0 bridgehead atoms. The molecule has 1 heterocycles. The lowest BCUT2D eigenvalue weighted by Gasteiger charge is -2.30. The molecule has 0 aliphatic carbocycles. The van der Waals surface area contributed by atoms with Gasteiger partial charge in [-0.2, -0.15) is 0 Å². The van der Waals surface area contributed by atoms with E-state index in [1.165, 1.54) is 98.4 Å². The standard InChI is InChI=1S/C48H46N2Si2/c1-31-30-44(49(34-18-22-36(23-19-34)51(3,4)5)35-20-24-37(25-21-35)52(6,7)8)41-28-27-39-32(2)48-47(42-29-26-38(31)45(41)46(39)42)40-16-12-13-17-43(40)50(48)33-14-10-9-11-15-33/h9-30H,1-8H3. The summed E-state index contributed by atoms with van der Waals surface area (Å²) in [6.45, 7) is 19.2. The highest BCUT2D eigenvalue weighted by atomic mass is 28.3. The van der Waals surface area contributed by atoms with Crippen LogP contribution in [-0.4, -0.2) is 20.7 Å². The van der Waals surface area contributed by atoms with E-state index in [1.54, 1.807) is 0 Å². The third kappa shape index (κ3) is 4.96. The first-order chi connectivity index (χ1) is 24.9. The topological polar surface area (TPSA) is 8.17 Å². The molecule has 0 saturated carbocycles. The molecule has 0 unspecified atom stereocenters. The predicted octanol–water partition coefficient (Wildman–Crippen LogP) is 12.9. The number of benzene rings is 8. The first kappa shape index (κ1) is 32.7. The molecular weight excluding hydrogens is 661 g/mol. The lowest BCUT2D eigenvalue weighted by atomic mass is 9.87. The maximum Gasteiger partial charge on any atom is 0.0775 e. The largest absolute Gasteiger partial charge is 0.310 e. The molecule has 0 fully saturated rings. The predicted molar refractivity (Wildman–Crippen MR) is 235 cm³/mol. The molecule has 2 nitrogen and oxygen atoms in total. The fourth-order valence-electron chi connectivity index (χ4n) is 8.59. The van der Waals surface area contributed by atoms with E-state index in [-0.39, 0.29) is 0 Å². The minimum Gasteiger partial charge on any atom is -0.310 e. The third-order valence-electron chi connectivity index (χ3n) is 11.4. The molecule has 9 rings (SSSR count). The molecule has 0 spiro atoms. The quantitative estimate of drug-likeness (QED) is 0.123. The van der Waals surface area contributed by atoms with Gasteiger partial charge in [0.25, 0.3) is 0 Å². The molecule has 0 aliphatic heterocycles. The molecule has 0 atom stereocenters. The Morgan fingerprint density at radius 1 is 0.462 bits per heavy atom. The van der Waals surface area contributed by atoms with Crippen LogP contribution >= 0.6 is 0 Å². The smallest absolute Gasteiger partial charge is 0.0775 e. The van der Waals surface area contributed by atoms with Gasteiger partial charge in [-0.05, 0) is 100 Å². The highest BCUT2D eigenvalue weighted by molar-refractivity contribution is 6.89. The summed E-state index contributed by atoms with van der Waals surface area (Å²) in [6.07, 6.45) is 0. The highest BCUT2D eigenvalue weighted by Gasteiger charge is 2.25. The molecule has 0 radical (unpaired) electrons. The van der Waals surface area contributed by atoms with Crippen molar-refractivity contribution in [3.05, 3.63) is 145 Å². The van der Waals surface area contributed by atoms with E-state index in [2.05, 4.69) is 196 Å². The van der Waals surface area contributed by atoms with Crippen molar-refractivity contribution >= 4 is 97.7 Å². The van der Waals surface area contributed by atoms with Gasteiger partial charge in [-0.25, -0.2) is 0 Å². The molecule has 256 valence electrons. The first-order valence-corrected chi connectivity index (χ1v) is 25.6. The van der Waals surface area contributed by atoms with E-state index >= 15 is 0 Å². The second kappa shape index (κ2) is 11.7. The fourth-order valence-corrected chi connectivity index (χ4v) is 10.9. The Hall–Kier alpha value is -5.17. The lowest BCUT2D eigenvalue weighted by molar-refractivity contribution is 1.17. The van der Waals surface area contributed by atoms with Crippen molar-refractivity contribution in [2.45, 2.75) is 53.1 Å². The molecule has 1 aromatic heterocycles. The molecule has 0 amide bonds. The second-order valence-corrected chi connectivity index (χ2v) is 26.9. The van der Waals surface area contributed by atoms with Crippen molar-refractivity contribution in [2.24, 2.45) is 0 Å². The normalized spacial score (nSPS) is 12.6. The van der Waals surface area contributed by atoms with Crippen LogP contribution in [0, 0.1) is 13.8 Å². The monoisotopic (exact) mass is 706 g/mol. The number of fused-ring (bicyclic) bond motifs is 4. The number of anilines is 3. The van der Waals surface area contributed by atoms with Crippen molar-refractivity contribution in [3.8, 4) is 5.69 Å². The Bertz CT molecular complexity index is 2740. The zero-order valence-corrected chi connectivity index (χ0v) is 33.6. The van der Waals surface area contributed by atoms with E-state index in [9.17, 15) is 0 Å². The molecule has 0 N–H and O–H groups in total.